The minimum Gasteiger partial charge on any atom is -0.495 e. The van der Waals surface area contributed by atoms with Gasteiger partial charge in [0.15, 0.2) is 0 Å². The molecule has 1 aromatic carbocycles. The van der Waals surface area contributed by atoms with Crippen LogP contribution in [0.25, 0.3) is 11.3 Å². The first-order valence-electron chi connectivity index (χ1n) is 10.3. The summed E-state index contributed by atoms with van der Waals surface area (Å²) in [7, 11) is -2.30. The van der Waals surface area contributed by atoms with Crippen molar-refractivity contribution in [1.29, 1.82) is 0 Å². The standard InChI is InChI=1S/C21H30N4O4S/c1-5-22-30(27,28)20-11-15(9-10-19(20)29-4)17-12-18(25-24-17)21(26)23-16-8-6-7-13(2)14(16)3/h9-14,16,22H,5-8H2,1-4H3,(H,23,26)(H,24,25)/t13-,14-,16-/m1/s1. The van der Waals surface area contributed by atoms with Gasteiger partial charge in [0.1, 0.15) is 16.3 Å². The lowest BCUT2D eigenvalue weighted by molar-refractivity contribution is 0.0886. The number of hydrogen-bond acceptors (Lipinski definition) is 5. The van der Waals surface area contributed by atoms with Gasteiger partial charge >= 0.3 is 0 Å². The SMILES string of the molecule is CCNS(=O)(=O)c1cc(-c2cc(C(=O)N[C@@H]3CCC[C@@H](C)[C@H]3C)[nH]n2)ccc1OC. The summed E-state index contributed by atoms with van der Waals surface area (Å²) < 4.78 is 32.7. The normalized spacial score (nSPS) is 21.9. The molecule has 3 N–H and O–H groups in total. The number of sulfonamides is 1. The number of nitrogens with one attached hydrogen (secondary N) is 3. The Morgan fingerprint density at radius 2 is 2.03 bits per heavy atom. The monoisotopic (exact) mass is 434 g/mol. The zero-order valence-corrected chi connectivity index (χ0v) is 18.7. The second-order valence-electron chi connectivity index (χ2n) is 7.88. The molecule has 1 heterocycles. The number of aromatic nitrogens is 2. The van der Waals surface area contributed by atoms with E-state index in [2.05, 4.69) is 34.1 Å². The van der Waals surface area contributed by atoms with E-state index in [0.717, 1.165) is 12.8 Å². The Morgan fingerprint density at radius 1 is 1.27 bits per heavy atom. The van der Waals surface area contributed by atoms with Gasteiger partial charge in [0.2, 0.25) is 10.0 Å². The molecule has 1 amide bonds. The fourth-order valence-corrected chi connectivity index (χ4v) is 5.17. The highest BCUT2D eigenvalue weighted by molar-refractivity contribution is 7.89. The topological polar surface area (TPSA) is 113 Å². The summed E-state index contributed by atoms with van der Waals surface area (Å²) in [5.41, 5.74) is 1.41. The van der Waals surface area contributed by atoms with E-state index in [0.29, 0.717) is 28.8 Å². The van der Waals surface area contributed by atoms with Crippen LogP contribution in [0.1, 0.15) is 50.5 Å². The third-order valence-electron chi connectivity index (χ3n) is 5.93. The first-order valence-corrected chi connectivity index (χ1v) is 11.8. The van der Waals surface area contributed by atoms with Crippen LogP contribution in [0.5, 0.6) is 5.75 Å². The Balaban J connectivity index is 1.83. The summed E-state index contributed by atoms with van der Waals surface area (Å²) in [6.07, 6.45) is 3.28. The molecule has 30 heavy (non-hydrogen) atoms. The molecular weight excluding hydrogens is 404 g/mol. The van der Waals surface area contributed by atoms with E-state index < -0.39 is 10.0 Å². The summed E-state index contributed by atoms with van der Waals surface area (Å²) in [4.78, 5) is 12.7. The molecule has 164 valence electrons. The lowest BCUT2D eigenvalue weighted by Gasteiger charge is -2.34. The van der Waals surface area contributed by atoms with Gasteiger partial charge in [-0.15, -0.1) is 0 Å². The molecule has 3 atom stereocenters. The highest BCUT2D eigenvalue weighted by Crippen LogP contribution is 2.31. The molecule has 0 saturated heterocycles. The summed E-state index contributed by atoms with van der Waals surface area (Å²) in [6, 6.07) is 6.58. The van der Waals surface area contributed by atoms with Crippen molar-refractivity contribution in [2.75, 3.05) is 13.7 Å². The van der Waals surface area contributed by atoms with Gasteiger partial charge in [0.25, 0.3) is 5.91 Å². The molecule has 2 aromatic rings. The molecule has 0 radical (unpaired) electrons. The summed E-state index contributed by atoms with van der Waals surface area (Å²) in [5, 5.41) is 10.1. The van der Waals surface area contributed by atoms with Crippen molar-refractivity contribution >= 4 is 15.9 Å². The predicted molar refractivity (Wildman–Crippen MR) is 115 cm³/mol. The summed E-state index contributed by atoms with van der Waals surface area (Å²) in [6.45, 7) is 6.37. The van der Waals surface area contributed by atoms with Crippen LogP contribution in [-0.4, -0.2) is 44.2 Å². The maximum absolute atomic E-state index is 12.7. The van der Waals surface area contributed by atoms with E-state index >= 15 is 0 Å². The fourth-order valence-electron chi connectivity index (χ4n) is 3.93. The summed E-state index contributed by atoms with van der Waals surface area (Å²) >= 11 is 0. The number of aromatic amines is 1. The summed E-state index contributed by atoms with van der Waals surface area (Å²) in [5.74, 6) is 1.05. The number of H-pyrrole nitrogens is 1. The first kappa shape index (κ1) is 22.3. The molecule has 1 aliphatic carbocycles. The van der Waals surface area contributed by atoms with Crippen molar-refractivity contribution in [3.63, 3.8) is 0 Å². The molecule has 0 aliphatic heterocycles. The van der Waals surface area contributed by atoms with Crippen LogP contribution in [0.15, 0.2) is 29.2 Å². The zero-order valence-electron chi connectivity index (χ0n) is 17.9. The second-order valence-corrected chi connectivity index (χ2v) is 9.62. The predicted octanol–water partition coefficient (Wildman–Crippen LogP) is 2.94. The molecule has 9 heteroatoms. The van der Waals surface area contributed by atoms with E-state index in [9.17, 15) is 13.2 Å². The number of rotatable bonds is 7. The van der Waals surface area contributed by atoms with E-state index in [4.69, 9.17) is 4.74 Å². The molecule has 3 rings (SSSR count). The van der Waals surface area contributed by atoms with Crippen molar-refractivity contribution in [1.82, 2.24) is 20.2 Å². The molecule has 1 aromatic heterocycles. The third kappa shape index (κ3) is 4.67. The van der Waals surface area contributed by atoms with Gasteiger partial charge in [-0.2, -0.15) is 5.10 Å². The average molecular weight is 435 g/mol. The van der Waals surface area contributed by atoms with E-state index in [1.165, 1.54) is 19.6 Å². The quantitative estimate of drug-likeness (QED) is 0.620. The van der Waals surface area contributed by atoms with Crippen LogP contribution in [0, 0.1) is 11.8 Å². The smallest absolute Gasteiger partial charge is 0.269 e. The Labute approximate surface area is 177 Å². The molecule has 1 saturated carbocycles. The number of carbonyl (C=O) groups is 1. The van der Waals surface area contributed by atoms with Crippen molar-refractivity contribution in [2.45, 2.75) is 51.0 Å². The fraction of sp³-hybridized carbons (Fsp3) is 0.524. The van der Waals surface area contributed by atoms with Crippen molar-refractivity contribution in [3.8, 4) is 17.0 Å². The molecule has 1 fully saturated rings. The molecule has 0 bridgehead atoms. The lowest BCUT2D eigenvalue weighted by Crippen LogP contribution is -2.43. The number of methoxy groups -OCH3 is 1. The molecule has 0 spiro atoms. The maximum atomic E-state index is 12.7. The Hall–Kier alpha value is -2.39. The zero-order chi connectivity index (χ0) is 21.9. The van der Waals surface area contributed by atoms with E-state index in [1.54, 1.807) is 25.1 Å². The van der Waals surface area contributed by atoms with Crippen LogP contribution >= 0.6 is 0 Å². The van der Waals surface area contributed by atoms with Crippen LogP contribution in [0.2, 0.25) is 0 Å². The Kier molecular flexibility index (Phi) is 6.82. The largest absolute Gasteiger partial charge is 0.495 e. The van der Waals surface area contributed by atoms with Crippen LogP contribution in [-0.2, 0) is 10.0 Å². The van der Waals surface area contributed by atoms with Gasteiger partial charge in [0, 0.05) is 18.2 Å². The van der Waals surface area contributed by atoms with Crippen molar-refractivity contribution < 1.29 is 17.9 Å². The number of nitrogens with zero attached hydrogens (tertiary/aromatic N) is 1. The third-order valence-corrected chi connectivity index (χ3v) is 7.50. The van der Waals surface area contributed by atoms with E-state index in [-0.39, 0.29) is 29.1 Å². The lowest BCUT2D eigenvalue weighted by atomic mass is 9.78. The Bertz CT molecular complexity index is 1000. The molecule has 0 unspecified atom stereocenters. The Morgan fingerprint density at radius 3 is 2.73 bits per heavy atom. The van der Waals surface area contributed by atoms with Crippen LogP contribution in [0.4, 0.5) is 0 Å². The van der Waals surface area contributed by atoms with Gasteiger partial charge < -0.3 is 10.1 Å². The number of carbonyl (C=O) groups excluding carboxylic acids is 1. The second kappa shape index (κ2) is 9.18. The van der Waals surface area contributed by atoms with Gasteiger partial charge in [-0.1, -0.05) is 33.6 Å². The molecular formula is C21H30N4O4S. The van der Waals surface area contributed by atoms with Crippen LogP contribution < -0.4 is 14.8 Å². The van der Waals surface area contributed by atoms with Gasteiger partial charge in [-0.3, -0.25) is 9.89 Å². The van der Waals surface area contributed by atoms with Gasteiger partial charge in [-0.25, -0.2) is 13.1 Å². The number of ether oxygens (including phenoxy) is 1. The van der Waals surface area contributed by atoms with Crippen LogP contribution in [0.3, 0.4) is 0 Å². The van der Waals surface area contributed by atoms with E-state index in [1.807, 2.05) is 0 Å². The first-order chi connectivity index (χ1) is 14.3. The number of benzene rings is 1. The molecule has 1 aliphatic rings. The number of amides is 1. The minimum absolute atomic E-state index is 0.0309. The maximum Gasteiger partial charge on any atom is 0.269 e. The highest BCUT2D eigenvalue weighted by atomic mass is 32.2. The average Bonchev–Trinajstić information content (AvgIpc) is 3.21. The van der Waals surface area contributed by atoms with Crippen molar-refractivity contribution in [2.24, 2.45) is 11.8 Å². The number of hydrogen-bond donors (Lipinski definition) is 3. The minimum atomic E-state index is -3.72. The van der Waals surface area contributed by atoms with Gasteiger partial charge in [-0.05, 0) is 42.5 Å². The van der Waals surface area contributed by atoms with Gasteiger partial charge in [0.05, 0.1) is 12.8 Å². The van der Waals surface area contributed by atoms with Crippen molar-refractivity contribution in [3.05, 3.63) is 30.0 Å². The molecule has 8 nitrogen and oxygen atoms in total. The highest BCUT2D eigenvalue weighted by Gasteiger charge is 2.29.